The van der Waals surface area contributed by atoms with E-state index < -0.39 is 18.0 Å². The molecular formula is C20H17F3N4O4. The Morgan fingerprint density at radius 2 is 1.61 bits per heavy atom. The van der Waals surface area contributed by atoms with Crippen molar-refractivity contribution in [1.29, 1.82) is 0 Å². The number of nitrogens with one attached hydrogen (secondary N) is 2. The Hall–Kier alpha value is -4.02. The largest absolute Gasteiger partial charge is 0.573 e. The monoisotopic (exact) mass is 434 g/mol. The Bertz CT molecular complexity index is 1050. The molecule has 2 aromatic carbocycles. The lowest BCUT2D eigenvalue weighted by Crippen LogP contribution is -2.19. The summed E-state index contributed by atoms with van der Waals surface area (Å²) in [5.74, 6) is -0.653. The first-order valence-corrected chi connectivity index (χ1v) is 8.85. The molecule has 31 heavy (non-hydrogen) atoms. The second kappa shape index (κ2) is 9.20. The van der Waals surface area contributed by atoms with Crippen molar-refractivity contribution in [3.05, 3.63) is 66.5 Å². The maximum atomic E-state index is 12.2. The van der Waals surface area contributed by atoms with Crippen molar-refractivity contribution in [3.63, 3.8) is 0 Å². The van der Waals surface area contributed by atoms with Crippen LogP contribution in [0.4, 0.5) is 24.5 Å². The summed E-state index contributed by atoms with van der Waals surface area (Å²) in [5, 5.41) is 9.26. The summed E-state index contributed by atoms with van der Waals surface area (Å²) in [7, 11) is 1.54. The number of amides is 2. The summed E-state index contributed by atoms with van der Waals surface area (Å²) >= 11 is 0. The van der Waals surface area contributed by atoms with Crippen LogP contribution in [0.5, 0.6) is 11.5 Å². The van der Waals surface area contributed by atoms with E-state index in [1.807, 2.05) is 0 Å². The molecule has 8 nitrogen and oxygen atoms in total. The van der Waals surface area contributed by atoms with Crippen molar-refractivity contribution < 1.29 is 32.2 Å². The molecule has 162 valence electrons. The molecule has 0 radical (unpaired) electrons. The smallest absolute Gasteiger partial charge is 0.497 e. The van der Waals surface area contributed by atoms with Gasteiger partial charge in [0.2, 0.25) is 5.91 Å². The lowest BCUT2D eigenvalue weighted by Gasteiger charge is -2.09. The topological polar surface area (TPSA) is 94.5 Å². The van der Waals surface area contributed by atoms with Gasteiger partial charge in [-0.1, -0.05) is 0 Å². The summed E-state index contributed by atoms with van der Waals surface area (Å²) < 4.78 is 46.7. The van der Waals surface area contributed by atoms with Crippen LogP contribution in [0.1, 0.15) is 10.4 Å². The number of aromatic nitrogens is 2. The van der Waals surface area contributed by atoms with Crippen molar-refractivity contribution in [2.75, 3.05) is 17.7 Å². The minimum Gasteiger partial charge on any atom is -0.497 e. The first kappa shape index (κ1) is 21.7. The number of hydrogen-bond acceptors (Lipinski definition) is 5. The van der Waals surface area contributed by atoms with Crippen LogP contribution in [0.25, 0.3) is 0 Å². The van der Waals surface area contributed by atoms with Gasteiger partial charge in [-0.25, -0.2) is 0 Å². The fourth-order valence-electron chi connectivity index (χ4n) is 2.55. The zero-order valence-electron chi connectivity index (χ0n) is 16.1. The summed E-state index contributed by atoms with van der Waals surface area (Å²) in [4.78, 5) is 24.4. The van der Waals surface area contributed by atoms with Crippen LogP contribution >= 0.6 is 0 Å². The predicted molar refractivity (Wildman–Crippen MR) is 105 cm³/mol. The molecule has 1 heterocycles. The van der Waals surface area contributed by atoms with E-state index in [1.165, 1.54) is 29.2 Å². The molecule has 3 rings (SSSR count). The number of benzene rings is 2. The SMILES string of the molecule is COc1ccc(NC(=O)Cn2cc(NC(=O)c3ccc(OC(F)(F)F)cc3)cn2)cc1. The summed E-state index contributed by atoms with van der Waals surface area (Å²) in [6.45, 7) is -0.0919. The van der Waals surface area contributed by atoms with Crippen LogP contribution in [0.2, 0.25) is 0 Å². The van der Waals surface area contributed by atoms with E-state index in [-0.39, 0.29) is 18.0 Å². The molecule has 1 aromatic heterocycles. The number of rotatable bonds is 7. The van der Waals surface area contributed by atoms with Gasteiger partial charge in [-0.2, -0.15) is 5.10 Å². The van der Waals surface area contributed by atoms with Gasteiger partial charge in [0.25, 0.3) is 5.91 Å². The van der Waals surface area contributed by atoms with Gasteiger partial charge < -0.3 is 20.1 Å². The normalized spacial score (nSPS) is 11.0. The van der Waals surface area contributed by atoms with E-state index in [0.717, 1.165) is 12.1 Å². The highest BCUT2D eigenvalue weighted by atomic mass is 19.4. The molecule has 0 aliphatic rings. The zero-order valence-corrected chi connectivity index (χ0v) is 16.1. The molecule has 0 unspecified atom stereocenters. The molecule has 0 saturated heterocycles. The molecule has 0 aliphatic carbocycles. The van der Waals surface area contributed by atoms with E-state index in [0.29, 0.717) is 17.1 Å². The van der Waals surface area contributed by atoms with Crippen molar-refractivity contribution >= 4 is 23.2 Å². The van der Waals surface area contributed by atoms with Crippen molar-refractivity contribution in [2.24, 2.45) is 0 Å². The molecule has 0 spiro atoms. The molecule has 11 heteroatoms. The summed E-state index contributed by atoms with van der Waals surface area (Å²) in [6.07, 6.45) is -2.01. The molecule has 0 saturated carbocycles. The van der Waals surface area contributed by atoms with E-state index >= 15 is 0 Å². The Kier molecular flexibility index (Phi) is 6.43. The van der Waals surface area contributed by atoms with E-state index in [2.05, 4.69) is 20.5 Å². The third-order valence-electron chi connectivity index (χ3n) is 3.92. The van der Waals surface area contributed by atoms with Crippen LogP contribution < -0.4 is 20.1 Å². The van der Waals surface area contributed by atoms with Gasteiger partial charge >= 0.3 is 6.36 Å². The van der Waals surface area contributed by atoms with E-state index in [1.54, 1.807) is 31.4 Å². The third kappa shape index (κ3) is 6.49. The van der Waals surface area contributed by atoms with Gasteiger partial charge in [0.15, 0.2) is 0 Å². The summed E-state index contributed by atoms with van der Waals surface area (Å²) in [6, 6.07) is 11.3. The highest BCUT2D eigenvalue weighted by Crippen LogP contribution is 2.23. The molecule has 2 N–H and O–H groups in total. The van der Waals surface area contributed by atoms with Gasteiger partial charge in [0, 0.05) is 17.4 Å². The highest BCUT2D eigenvalue weighted by molar-refractivity contribution is 6.04. The molecule has 0 aliphatic heterocycles. The van der Waals surface area contributed by atoms with Crippen LogP contribution in [0, 0.1) is 0 Å². The van der Waals surface area contributed by atoms with Crippen LogP contribution in [-0.2, 0) is 11.3 Å². The minimum atomic E-state index is -4.81. The number of nitrogens with zero attached hydrogens (tertiary/aromatic N) is 2. The highest BCUT2D eigenvalue weighted by Gasteiger charge is 2.31. The van der Waals surface area contributed by atoms with Crippen LogP contribution in [-0.4, -0.2) is 35.1 Å². The van der Waals surface area contributed by atoms with Gasteiger partial charge in [-0.3, -0.25) is 14.3 Å². The van der Waals surface area contributed by atoms with Crippen LogP contribution in [0.15, 0.2) is 60.9 Å². The Morgan fingerprint density at radius 1 is 0.968 bits per heavy atom. The quantitative estimate of drug-likeness (QED) is 0.592. The molecule has 0 bridgehead atoms. The molecule has 0 fully saturated rings. The third-order valence-corrected chi connectivity index (χ3v) is 3.92. The van der Waals surface area contributed by atoms with Crippen molar-refractivity contribution in [2.45, 2.75) is 12.9 Å². The van der Waals surface area contributed by atoms with Gasteiger partial charge in [0.05, 0.1) is 19.0 Å². The maximum Gasteiger partial charge on any atom is 0.573 e. The lowest BCUT2D eigenvalue weighted by atomic mass is 10.2. The van der Waals surface area contributed by atoms with E-state index in [9.17, 15) is 22.8 Å². The van der Waals surface area contributed by atoms with Gasteiger partial charge in [-0.15, -0.1) is 13.2 Å². The minimum absolute atomic E-state index is 0.0919. The Balaban J connectivity index is 1.54. The molecule has 2 amide bonds. The number of hydrogen-bond donors (Lipinski definition) is 2. The Morgan fingerprint density at radius 3 is 2.23 bits per heavy atom. The number of ether oxygens (including phenoxy) is 2. The number of alkyl halides is 3. The van der Waals surface area contributed by atoms with Crippen molar-refractivity contribution in [3.8, 4) is 11.5 Å². The first-order valence-electron chi connectivity index (χ1n) is 8.85. The van der Waals surface area contributed by atoms with Crippen LogP contribution in [0.3, 0.4) is 0 Å². The molecule has 0 atom stereocenters. The fourth-order valence-corrected chi connectivity index (χ4v) is 2.55. The molecule has 3 aromatic rings. The van der Waals surface area contributed by atoms with Gasteiger partial charge in [-0.05, 0) is 48.5 Å². The number of carbonyl (C=O) groups is 2. The second-order valence-electron chi connectivity index (χ2n) is 6.23. The number of halogens is 3. The first-order chi connectivity index (χ1) is 14.7. The fraction of sp³-hybridized carbons (Fsp3) is 0.150. The lowest BCUT2D eigenvalue weighted by molar-refractivity contribution is -0.274. The number of anilines is 2. The zero-order chi connectivity index (χ0) is 22.4. The van der Waals surface area contributed by atoms with Gasteiger partial charge in [0.1, 0.15) is 18.0 Å². The molecular weight excluding hydrogens is 417 g/mol. The van der Waals surface area contributed by atoms with E-state index in [4.69, 9.17) is 4.74 Å². The average Bonchev–Trinajstić information content (AvgIpc) is 3.14. The maximum absolute atomic E-state index is 12.2. The summed E-state index contributed by atoms with van der Waals surface area (Å²) in [5.41, 5.74) is 1.03. The average molecular weight is 434 g/mol. The number of carbonyl (C=O) groups excluding carboxylic acids is 2. The predicted octanol–water partition coefficient (Wildman–Crippen LogP) is 3.68. The number of methoxy groups -OCH3 is 1. The second-order valence-corrected chi connectivity index (χ2v) is 6.23. The standard InChI is InChI=1S/C20H17F3N4O4/c1-30-16-8-4-14(5-9-16)25-18(28)12-27-11-15(10-24-27)26-19(29)13-2-6-17(7-3-13)31-20(21,22)23/h2-11H,12H2,1H3,(H,25,28)(H,26,29). The van der Waals surface area contributed by atoms with Crippen molar-refractivity contribution in [1.82, 2.24) is 9.78 Å². The Labute approximate surface area is 174 Å².